The fraction of sp³-hybridized carbons (Fsp3) is 0.333. The van der Waals surface area contributed by atoms with Crippen molar-refractivity contribution in [3.05, 3.63) is 63.4 Å². The van der Waals surface area contributed by atoms with Gasteiger partial charge in [-0.05, 0) is 77.0 Å². The van der Waals surface area contributed by atoms with E-state index in [1.54, 1.807) is 12.1 Å². The van der Waals surface area contributed by atoms with E-state index in [0.717, 1.165) is 30.5 Å². The molecule has 1 amide bonds. The van der Waals surface area contributed by atoms with Crippen molar-refractivity contribution in [2.75, 3.05) is 5.32 Å². The van der Waals surface area contributed by atoms with E-state index in [1.165, 1.54) is 0 Å². The molecule has 3 rings (SSSR count). The molecule has 1 aliphatic rings. The summed E-state index contributed by atoms with van der Waals surface area (Å²) < 4.78 is 52.7. The first-order valence-electron chi connectivity index (χ1n) is 9.06. The number of hydrogen-bond acceptors (Lipinski definition) is 2. The molecule has 0 aliphatic heterocycles. The summed E-state index contributed by atoms with van der Waals surface area (Å²) in [5, 5.41) is 11.6. The van der Waals surface area contributed by atoms with Crippen LogP contribution in [-0.4, -0.2) is 5.91 Å². The molecule has 0 aromatic heterocycles. The van der Waals surface area contributed by atoms with Gasteiger partial charge in [0.05, 0.1) is 16.8 Å². The number of hydrogen-bond donors (Lipinski definition) is 1. The van der Waals surface area contributed by atoms with E-state index in [2.05, 4.69) is 27.3 Å². The van der Waals surface area contributed by atoms with Crippen LogP contribution in [-0.2, 0) is 11.0 Å². The average molecular weight is 469 g/mol. The zero-order valence-corrected chi connectivity index (χ0v) is 16.8. The Hall–Kier alpha value is -2.40. The Balaban J connectivity index is 1.71. The fourth-order valence-corrected chi connectivity index (χ4v) is 3.98. The predicted molar refractivity (Wildman–Crippen MR) is 104 cm³/mol. The van der Waals surface area contributed by atoms with E-state index in [9.17, 15) is 27.6 Å². The molecule has 0 heterocycles. The largest absolute Gasteiger partial charge is 0.416 e. The number of benzene rings is 2. The number of nitriles is 1. The van der Waals surface area contributed by atoms with Crippen molar-refractivity contribution in [1.82, 2.24) is 0 Å². The maximum absolute atomic E-state index is 14.0. The van der Waals surface area contributed by atoms with Crippen LogP contribution in [0.1, 0.15) is 48.3 Å². The van der Waals surface area contributed by atoms with Gasteiger partial charge >= 0.3 is 6.18 Å². The monoisotopic (exact) mass is 468 g/mol. The number of rotatable bonds is 3. The molecule has 2 aromatic carbocycles. The second kappa shape index (κ2) is 8.54. The number of halogens is 5. The van der Waals surface area contributed by atoms with Gasteiger partial charge < -0.3 is 5.32 Å². The molecule has 0 bridgehead atoms. The summed E-state index contributed by atoms with van der Waals surface area (Å²) in [6, 6.07) is 9.68. The number of carbonyl (C=O) groups excluding carboxylic acids is 1. The third-order valence-corrected chi connectivity index (χ3v) is 5.87. The van der Waals surface area contributed by atoms with Crippen LogP contribution < -0.4 is 5.32 Å². The number of nitrogens with zero attached hydrogens (tertiary/aromatic N) is 1. The molecule has 1 aliphatic carbocycles. The minimum Gasteiger partial charge on any atom is -0.323 e. The Labute approximate surface area is 173 Å². The second-order valence-electron chi connectivity index (χ2n) is 7.09. The summed E-state index contributed by atoms with van der Waals surface area (Å²) >= 11 is 3.32. The maximum Gasteiger partial charge on any atom is 0.416 e. The van der Waals surface area contributed by atoms with E-state index in [4.69, 9.17) is 0 Å². The Kier molecular flexibility index (Phi) is 6.27. The van der Waals surface area contributed by atoms with E-state index in [0.29, 0.717) is 28.9 Å². The first-order chi connectivity index (χ1) is 13.7. The van der Waals surface area contributed by atoms with Crippen LogP contribution in [0.15, 0.2) is 40.9 Å². The molecule has 0 spiro atoms. The lowest BCUT2D eigenvalue weighted by Crippen LogP contribution is -2.28. The van der Waals surface area contributed by atoms with Crippen molar-refractivity contribution in [2.24, 2.45) is 5.92 Å². The van der Waals surface area contributed by atoms with Crippen molar-refractivity contribution in [2.45, 2.75) is 37.8 Å². The molecule has 1 saturated carbocycles. The normalized spacial score (nSPS) is 19.4. The van der Waals surface area contributed by atoms with Gasteiger partial charge in [-0.15, -0.1) is 0 Å². The molecule has 1 fully saturated rings. The first-order valence-corrected chi connectivity index (χ1v) is 9.85. The number of alkyl halides is 3. The zero-order valence-electron chi connectivity index (χ0n) is 15.2. The molecule has 2 unspecified atom stereocenters. The van der Waals surface area contributed by atoms with Gasteiger partial charge in [0.2, 0.25) is 5.91 Å². The quantitative estimate of drug-likeness (QED) is 0.530. The average Bonchev–Trinajstić information content (AvgIpc) is 2.69. The van der Waals surface area contributed by atoms with E-state index in [-0.39, 0.29) is 17.5 Å². The van der Waals surface area contributed by atoms with Gasteiger partial charge in [-0.3, -0.25) is 4.79 Å². The molecule has 29 heavy (non-hydrogen) atoms. The molecular formula is C21H17BrF4N2O. The molecule has 0 saturated heterocycles. The summed E-state index contributed by atoms with van der Waals surface area (Å²) in [4.78, 5) is 12.6. The molecule has 3 nitrogen and oxygen atoms in total. The third kappa shape index (κ3) is 4.96. The predicted octanol–water partition coefficient (Wildman–Crippen LogP) is 6.39. The summed E-state index contributed by atoms with van der Waals surface area (Å²) in [5.74, 6) is -1.83. The zero-order chi connectivity index (χ0) is 21.2. The number of amides is 1. The molecule has 2 atom stereocenters. The van der Waals surface area contributed by atoms with Gasteiger partial charge in [-0.25, -0.2) is 4.39 Å². The molecule has 1 N–H and O–H groups in total. The van der Waals surface area contributed by atoms with Crippen LogP contribution in [0.2, 0.25) is 0 Å². The van der Waals surface area contributed by atoms with Gasteiger partial charge in [0.1, 0.15) is 11.9 Å². The standard InChI is InChI=1S/C21H17BrF4N2O/c22-17-6-4-13(9-15(17)11-27)12-2-1-3-14(8-12)20(29)28-19-7-5-16(10-18(19)23)21(24,25)26/h4-7,9-10,12,14H,1-3,8H2,(H,28,29). The first kappa shape index (κ1) is 21.3. The maximum atomic E-state index is 14.0. The van der Waals surface area contributed by atoms with Crippen LogP contribution in [0.4, 0.5) is 23.2 Å². The molecule has 2 aromatic rings. The number of carbonyl (C=O) groups is 1. The Morgan fingerprint density at radius 3 is 2.59 bits per heavy atom. The Bertz CT molecular complexity index is 968. The van der Waals surface area contributed by atoms with Gasteiger partial charge in [-0.1, -0.05) is 12.5 Å². The van der Waals surface area contributed by atoms with Gasteiger partial charge in [-0.2, -0.15) is 18.4 Å². The molecule has 0 radical (unpaired) electrons. The summed E-state index contributed by atoms with van der Waals surface area (Å²) in [7, 11) is 0. The van der Waals surface area contributed by atoms with Crippen LogP contribution in [0, 0.1) is 23.1 Å². The summed E-state index contributed by atoms with van der Waals surface area (Å²) in [5.41, 5.74) is 0.110. The minimum absolute atomic E-state index is 0.0807. The summed E-state index contributed by atoms with van der Waals surface area (Å²) in [6.45, 7) is 0. The SMILES string of the molecule is N#Cc1cc(C2CCCC(C(=O)Nc3ccc(C(F)(F)F)cc3F)C2)ccc1Br. The van der Waals surface area contributed by atoms with Crippen molar-refractivity contribution in [1.29, 1.82) is 5.26 Å². The van der Waals surface area contributed by atoms with Crippen molar-refractivity contribution in [3.8, 4) is 6.07 Å². The lowest BCUT2D eigenvalue weighted by atomic mass is 9.77. The van der Waals surface area contributed by atoms with Crippen LogP contribution >= 0.6 is 15.9 Å². The van der Waals surface area contributed by atoms with Crippen LogP contribution in [0.5, 0.6) is 0 Å². The second-order valence-corrected chi connectivity index (χ2v) is 7.95. The van der Waals surface area contributed by atoms with Crippen LogP contribution in [0.25, 0.3) is 0 Å². The Morgan fingerprint density at radius 2 is 1.93 bits per heavy atom. The van der Waals surface area contributed by atoms with Crippen molar-refractivity contribution >= 4 is 27.5 Å². The highest BCUT2D eigenvalue weighted by Crippen LogP contribution is 2.38. The molecule has 152 valence electrons. The lowest BCUT2D eigenvalue weighted by molar-refractivity contribution is -0.137. The molecule has 8 heteroatoms. The Morgan fingerprint density at radius 1 is 1.17 bits per heavy atom. The van der Waals surface area contributed by atoms with E-state index < -0.39 is 23.5 Å². The van der Waals surface area contributed by atoms with Gasteiger partial charge in [0, 0.05) is 10.4 Å². The highest BCUT2D eigenvalue weighted by molar-refractivity contribution is 9.10. The van der Waals surface area contributed by atoms with E-state index >= 15 is 0 Å². The minimum atomic E-state index is -4.65. The van der Waals surface area contributed by atoms with Gasteiger partial charge in [0.15, 0.2) is 0 Å². The highest BCUT2D eigenvalue weighted by atomic mass is 79.9. The lowest BCUT2D eigenvalue weighted by Gasteiger charge is -2.29. The smallest absolute Gasteiger partial charge is 0.323 e. The van der Waals surface area contributed by atoms with Crippen molar-refractivity contribution < 1.29 is 22.4 Å². The third-order valence-electron chi connectivity index (χ3n) is 5.18. The fourth-order valence-electron chi connectivity index (χ4n) is 3.64. The van der Waals surface area contributed by atoms with Gasteiger partial charge in [0.25, 0.3) is 0 Å². The highest BCUT2D eigenvalue weighted by Gasteiger charge is 2.32. The van der Waals surface area contributed by atoms with Crippen molar-refractivity contribution in [3.63, 3.8) is 0 Å². The topological polar surface area (TPSA) is 52.9 Å². The number of nitrogens with one attached hydrogen (secondary N) is 1. The molecular weight excluding hydrogens is 452 g/mol. The summed E-state index contributed by atoms with van der Waals surface area (Å²) in [6.07, 6.45) is -1.85. The van der Waals surface area contributed by atoms with E-state index in [1.807, 2.05) is 6.07 Å². The number of anilines is 1. The van der Waals surface area contributed by atoms with Crippen LogP contribution in [0.3, 0.4) is 0 Å².